The van der Waals surface area contributed by atoms with Gasteiger partial charge in [-0.1, -0.05) is 0 Å². The zero-order chi connectivity index (χ0) is 10.5. The Balaban J connectivity index is 2.98. The van der Waals surface area contributed by atoms with E-state index in [0.717, 1.165) is 11.3 Å². The molecule has 0 atom stereocenters. The predicted molar refractivity (Wildman–Crippen MR) is 59.7 cm³/mol. The van der Waals surface area contributed by atoms with Gasteiger partial charge < -0.3 is 4.57 Å². The van der Waals surface area contributed by atoms with Crippen molar-refractivity contribution >= 4 is 11.0 Å². The second-order valence-electron chi connectivity index (χ2n) is 4.03. The Bertz CT molecular complexity index is 507. The third kappa shape index (κ3) is 1.07. The first kappa shape index (κ1) is 9.25. The fraction of sp³-hybridized carbons (Fsp3) is 0.417. The minimum Gasteiger partial charge on any atom is -0.333 e. The highest BCUT2D eigenvalue weighted by molar-refractivity contribution is 5.82. The summed E-state index contributed by atoms with van der Waals surface area (Å²) in [7, 11) is 2.07. The van der Waals surface area contributed by atoms with Crippen LogP contribution in [0.3, 0.4) is 0 Å². The number of aromatic nitrogens is 2. The lowest BCUT2D eigenvalue weighted by atomic mass is 10.1. The highest BCUT2D eigenvalue weighted by Gasteiger charge is 2.09. The molecule has 0 aliphatic carbocycles. The second-order valence-corrected chi connectivity index (χ2v) is 4.03. The molecule has 0 aliphatic rings. The maximum atomic E-state index is 4.62. The summed E-state index contributed by atoms with van der Waals surface area (Å²) in [5.74, 6) is 0. The molecule has 0 spiro atoms. The zero-order valence-electron chi connectivity index (χ0n) is 9.47. The van der Waals surface area contributed by atoms with Crippen LogP contribution in [-0.4, -0.2) is 9.55 Å². The van der Waals surface area contributed by atoms with E-state index in [-0.39, 0.29) is 0 Å². The number of hydrogen-bond acceptors (Lipinski definition) is 1. The van der Waals surface area contributed by atoms with E-state index in [1.807, 2.05) is 0 Å². The summed E-state index contributed by atoms with van der Waals surface area (Å²) in [5, 5.41) is 1.29. The van der Waals surface area contributed by atoms with E-state index in [2.05, 4.69) is 50.4 Å². The van der Waals surface area contributed by atoms with Gasteiger partial charge in [-0.05, 0) is 44.9 Å². The molecule has 0 unspecified atom stereocenters. The molecule has 0 amide bonds. The van der Waals surface area contributed by atoms with Crippen LogP contribution in [0.1, 0.15) is 22.5 Å². The van der Waals surface area contributed by atoms with Crippen molar-refractivity contribution in [3.8, 4) is 0 Å². The molecule has 74 valence electrons. The SMILES string of the molecule is Cc1nc2c(cc(C)n2C)c(C)c1C. The molecule has 0 N–H and O–H groups in total. The van der Waals surface area contributed by atoms with E-state index in [1.54, 1.807) is 0 Å². The van der Waals surface area contributed by atoms with Gasteiger partial charge in [0.15, 0.2) is 0 Å². The summed E-state index contributed by atoms with van der Waals surface area (Å²) < 4.78 is 2.15. The Kier molecular flexibility index (Phi) is 1.88. The van der Waals surface area contributed by atoms with Gasteiger partial charge in [0.2, 0.25) is 0 Å². The minimum absolute atomic E-state index is 1.10. The molecule has 0 aromatic carbocycles. The number of hydrogen-bond donors (Lipinski definition) is 0. The fourth-order valence-electron chi connectivity index (χ4n) is 1.85. The maximum Gasteiger partial charge on any atom is 0.140 e. The van der Waals surface area contributed by atoms with Crippen molar-refractivity contribution in [3.05, 3.63) is 28.6 Å². The van der Waals surface area contributed by atoms with E-state index in [1.165, 1.54) is 22.2 Å². The van der Waals surface area contributed by atoms with Crippen molar-refractivity contribution < 1.29 is 0 Å². The molecule has 2 aromatic heterocycles. The summed E-state index contributed by atoms with van der Waals surface area (Å²) in [6, 6.07) is 2.21. The number of nitrogens with zero attached hydrogens (tertiary/aromatic N) is 2. The molecular weight excluding hydrogens is 172 g/mol. The molecule has 0 fully saturated rings. The van der Waals surface area contributed by atoms with Gasteiger partial charge in [0.25, 0.3) is 0 Å². The van der Waals surface area contributed by atoms with Gasteiger partial charge in [-0.25, -0.2) is 4.98 Å². The van der Waals surface area contributed by atoms with Crippen molar-refractivity contribution in [2.24, 2.45) is 7.05 Å². The number of fused-ring (bicyclic) bond motifs is 1. The first-order valence-electron chi connectivity index (χ1n) is 4.92. The van der Waals surface area contributed by atoms with Crippen molar-refractivity contribution in [1.82, 2.24) is 9.55 Å². The van der Waals surface area contributed by atoms with Gasteiger partial charge >= 0.3 is 0 Å². The molecule has 2 heterocycles. The first-order valence-corrected chi connectivity index (χ1v) is 4.92. The summed E-state index contributed by atoms with van der Waals surface area (Å²) in [5.41, 5.74) is 6.17. The molecule has 0 bridgehead atoms. The van der Waals surface area contributed by atoms with Crippen LogP contribution in [0.25, 0.3) is 11.0 Å². The number of rotatable bonds is 0. The maximum absolute atomic E-state index is 4.62. The molecular formula is C12H16N2. The smallest absolute Gasteiger partial charge is 0.140 e. The lowest BCUT2D eigenvalue weighted by molar-refractivity contribution is 0.896. The van der Waals surface area contributed by atoms with Crippen molar-refractivity contribution in [1.29, 1.82) is 0 Å². The average Bonchev–Trinajstić information content (AvgIpc) is 2.42. The minimum atomic E-state index is 1.10. The highest BCUT2D eigenvalue weighted by Crippen LogP contribution is 2.24. The van der Waals surface area contributed by atoms with Gasteiger partial charge in [0.1, 0.15) is 5.65 Å². The summed E-state index contributed by atoms with van der Waals surface area (Å²) in [4.78, 5) is 4.62. The lowest BCUT2D eigenvalue weighted by Crippen LogP contribution is -1.96. The van der Waals surface area contributed by atoms with Crippen LogP contribution in [0, 0.1) is 27.7 Å². The fourth-order valence-corrected chi connectivity index (χ4v) is 1.85. The first-order chi connectivity index (χ1) is 6.52. The van der Waals surface area contributed by atoms with Crippen LogP contribution < -0.4 is 0 Å². The van der Waals surface area contributed by atoms with Crippen LogP contribution >= 0.6 is 0 Å². The molecule has 0 radical (unpaired) electrons. The van der Waals surface area contributed by atoms with Gasteiger partial charge in [-0.15, -0.1) is 0 Å². The van der Waals surface area contributed by atoms with E-state index >= 15 is 0 Å². The largest absolute Gasteiger partial charge is 0.333 e. The third-order valence-electron chi connectivity index (χ3n) is 3.22. The van der Waals surface area contributed by atoms with Crippen LogP contribution in [0.15, 0.2) is 6.07 Å². The van der Waals surface area contributed by atoms with E-state index in [0.29, 0.717) is 0 Å². The van der Waals surface area contributed by atoms with Crippen molar-refractivity contribution in [2.75, 3.05) is 0 Å². The summed E-state index contributed by atoms with van der Waals surface area (Å²) >= 11 is 0. The number of aryl methyl sites for hydroxylation is 4. The van der Waals surface area contributed by atoms with Gasteiger partial charge in [0, 0.05) is 23.8 Å². The standard InChI is InChI=1S/C12H16N2/c1-7-6-11-9(3)8(2)10(4)13-12(11)14(7)5/h6H,1-5H3. The van der Waals surface area contributed by atoms with Crippen molar-refractivity contribution in [3.63, 3.8) is 0 Å². The molecule has 2 rings (SSSR count). The van der Waals surface area contributed by atoms with Crippen molar-refractivity contribution in [2.45, 2.75) is 27.7 Å². The highest BCUT2D eigenvalue weighted by atomic mass is 15.0. The molecule has 0 aliphatic heterocycles. The van der Waals surface area contributed by atoms with Crippen LogP contribution in [0.5, 0.6) is 0 Å². The van der Waals surface area contributed by atoms with Gasteiger partial charge in [0.05, 0.1) is 0 Å². The average molecular weight is 188 g/mol. The van der Waals surface area contributed by atoms with Crippen LogP contribution in [-0.2, 0) is 7.05 Å². The molecule has 0 saturated heterocycles. The Hall–Kier alpha value is -1.31. The Morgan fingerprint density at radius 2 is 1.71 bits per heavy atom. The van der Waals surface area contributed by atoms with E-state index in [4.69, 9.17) is 0 Å². The Morgan fingerprint density at radius 1 is 1.07 bits per heavy atom. The Labute approximate surface area is 84.6 Å². The van der Waals surface area contributed by atoms with Gasteiger partial charge in [-0.2, -0.15) is 0 Å². The second kappa shape index (κ2) is 2.84. The molecule has 0 saturated carbocycles. The zero-order valence-corrected chi connectivity index (χ0v) is 9.47. The topological polar surface area (TPSA) is 17.8 Å². The van der Waals surface area contributed by atoms with E-state index < -0.39 is 0 Å². The van der Waals surface area contributed by atoms with Gasteiger partial charge in [-0.3, -0.25) is 0 Å². The third-order valence-corrected chi connectivity index (χ3v) is 3.22. The van der Waals surface area contributed by atoms with Crippen LogP contribution in [0.2, 0.25) is 0 Å². The normalized spacial score (nSPS) is 11.2. The summed E-state index contributed by atoms with van der Waals surface area (Å²) in [6.45, 7) is 8.50. The molecule has 2 heteroatoms. The quantitative estimate of drug-likeness (QED) is 0.621. The monoisotopic (exact) mass is 188 g/mol. The molecule has 14 heavy (non-hydrogen) atoms. The van der Waals surface area contributed by atoms with Crippen LogP contribution in [0.4, 0.5) is 0 Å². The molecule has 2 aromatic rings. The predicted octanol–water partition coefficient (Wildman–Crippen LogP) is 2.81. The Morgan fingerprint density at radius 3 is 2.36 bits per heavy atom. The lowest BCUT2D eigenvalue weighted by Gasteiger charge is -2.06. The van der Waals surface area contributed by atoms with E-state index in [9.17, 15) is 0 Å². The summed E-state index contributed by atoms with van der Waals surface area (Å²) in [6.07, 6.45) is 0. The number of pyridine rings is 1. The molecule has 2 nitrogen and oxygen atoms in total.